The largest absolute Gasteiger partial charge is 0.392 e. The predicted octanol–water partition coefficient (Wildman–Crippen LogP) is 2.82. The first-order valence-corrected chi connectivity index (χ1v) is 8.43. The number of esters is 2. The summed E-state index contributed by atoms with van der Waals surface area (Å²) in [5.74, 6) is -1.09. The lowest BCUT2D eigenvalue weighted by Crippen LogP contribution is -2.33. The van der Waals surface area contributed by atoms with Crippen LogP contribution in [0.1, 0.15) is 70.6 Å². The average Bonchev–Trinajstić information content (AvgIpc) is 2.50. The van der Waals surface area contributed by atoms with Crippen molar-refractivity contribution < 1.29 is 14.3 Å². The topological polar surface area (TPSA) is 95.4 Å². The molecule has 128 valence electrons. The van der Waals surface area contributed by atoms with Crippen LogP contribution in [0.15, 0.2) is 12.7 Å². The molecule has 4 N–H and O–H groups in total. The van der Waals surface area contributed by atoms with E-state index in [9.17, 15) is 9.59 Å². The van der Waals surface area contributed by atoms with E-state index in [4.69, 9.17) is 16.2 Å². The minimum atomic E-state index is -0.722. The van der Waals surface area contributed by atoms with Crippen molar-refractivity contribution in [1.82, 2.24) is 0 Å². The second-order valence-corrected chi connectivity index (χ2v) is 5.63. The summed E-state index contributed by atoms with van der Waals surface area (Å²) in [5.41, 5.74) is 11.0. The smallest absolute Gasteiger partial charge is 0.330 e. The van der Waals surface area contributed by atoms with Crippen molar-refractivity contribution in [3.63, 3.8) is 0 Å². The van der Waals surface area contributed by atoms with Crippen molar-refractivity contribution in [2.75, 3.05) is 6.54 Å². The number of hydrogen-bond acceptors (Lipinski definition) is 5. The maximum atomic E-state index is 11.6. The number of carbonyl (C=O) groups excluding carboxylic acids is 2. The summed E-state index contributed by atoms with van der Waals surface area (Å²) in [6.45, 7) is 4.27. The van der Waals surface area contributed by atoms with Crippen LogP contribution in [-0.2, 0) is 14.3 Å². The molecule has 22 heavy (non-hydrogen) atoms. The predicted molar refractivity (Wildman–Crippen MR) is 89.1 cm³/mol. The van der Waals surface area contributed by atoms with Crippen molar-refractivity contribution in [3.05, 3.63) is 12.7 Å². The highest BCUT2D eigenvalue weighted by Gasteiger charge is 2.17. The van der Waals surface area contributed by atoms with Crippen molar-refractivity contribution in [3.8, 4) is 0 Å². The summed E-state index contributed by atoms with van der Waals surface area (Å²) in [6, 6.07) is -0.722. The van der Waals surface area contributed by atoms with Crippen LogP contribution in [0.5, 0.6) is 0 Å². The van der Waals surface area contributed by atoms with E-state index in [1.54, 1.807) is 0 Å². The molecule has 0 radical (unpaired) electrons. The SMILES string of the molecule is C=CCCCCCCCCC(=O)OC(=O)[C@@H](N)CCCCN. The van der Waals surface area contributed by atoms with Gasteiger partial charge in [0.1, 0.15) is 6.04 Å². The molecule has 0 aromatic carbocycles. The third-order valence-corrected chi connectivity index (χ3v) is 3.53. The van der Waals surface area contributed by atoms with Crippen molar-refractivity contribution >= 4 is 11.9 Å². The van der Waals surface area contributed by atoms with Gasteiger partial charge in [0.2, 0.25) is 0 Å². The zero-order valence-electron chi connectivity index (χ0n) is 13.7. The van der Waals surface area contributed by atoms with Crippen molar-refractivity contribution in [2.24, 2.45) is 11.5 Å². The Balaban J connectivity index is 3.55. The van der Waals surface area contributed by atoms with Crippen LogP contribution < -0.4 is 11.5 Å². The van der Waals surface area contributed by atoms with Crippen LogP contribution in [0.25, 0.3) is 0 Å². The zero-order chi connectivity index (χ0) is 16.6. The molecule has 0 rings (SSSR count). The molecule has 0 unspecified atom stereocenters. The molecule has 0 fully saturated rings. The molecule has 0 saturated heterocycles. The summed E-state index contributed by atoms with van der Waals surface area (Å²) < 4.78 is 4.76. The monoisotopic (exact) mass is 312 g/mol. The van der Waals surface area contributed by atoms with Crippen LogP contribution in [0, 0.1) is 0 Å². The van der Waals surface area contributed by atoms with E-state index in [1.807, 2.05) is 6.08 Å². The third kappa shape index (κ3) is 12.5. The van der Waals surface area contributed by atoms with E-state index in [2.05, 4.69) is 6.58 Å². The van der Waals surface area contributed by atoms with Gasteiger partial charge in [0.05, 0.1) is 0 Å². The second-order valence-electron chi connectivity index (χ2n) is 5.63. The Labute approximate surface area is 134 Å². The van der Waals surface area contributed by atoms with E-state index in [0.29, 0.717) is 13.0 Å². The highest BCUT2D eigenvalue weighted by atomic mass is 16.6. The summed E-state index contributed by atoms with van der Waals surface area (Å²) >= 11 is 0. The lowest BCUT2D eigenvalue weighted by molar-refractivity contribution is -0.160. The molecule has 0 aliphatic heterocycles. The molecule has 0 saturated carbocycles. The highest BCUT2D eigenvalue weighted by molar-refractivity contribution is 5.88. The van der Waals surface area contributed by atoms with Crippen LogP contribution in [0.3, 0.4) is 0 Å². The molecule has 0 aromatic heterocycles. The number of allylic oxidation sites excluding steroid dienone is 1. The molecule has 1 atom stereocenters. The van der Waals surface area contributed by atoms with Gasteiger partial charge < -0.3 is 16.2 Å². The van der Waals surface area contributed by atoms with Gasteiger partial charge in [-0.05, 0) is 38.6 Å². The first-order valence-electron chi connectivity index (χ1n) is 8.43. The first-order chi connectivity index (χ1) is 10.6. The van der Waals surface area contributed by atoms with Gasteiger partial charge in [0, 0.05) is 6.42 Å². The van der Waals surface area contributed by atoms with Crippen LogP contribution in [-0.4, -0.2) is 24.5 Å². The van der Waals surface area contributed by atoms with Crippen molar-refractivity contribution in [1.29, 1.82) is 0 Å². The minimum absolute atomic E-state index is 0.286. The molecule has 0 amide bonds. The molecule has 0 aromatic rings. The lowest BCUT2D eigenvalue weighted by Gasteiger charge is -2.09. The Morgan fingerprint density at radius 1 is 1.00 bits per heavy atom. The van der Waals surface area contributed by atoms with Gasteiger partial charge >= 0.3 is 11.9 Å². The highest BCUT2D eigenvalue weighted by Crippen LogP contribution is 2.09. The quantitative estimate of drug-likeness (QED) is 0.222. The van der Waals surface area contributed by atoms with Crippen LogP contribution in [0.4, 0.5) is 0 Å². The van der Waals surface area contributed by atoms with Gasteiger partial charge in [-0.1, -0.05) is 38.2 Å². The molecular weight excluding hydrogens is 280 g/mol. The Morgan fingerprint density at radius 2 is 1.64 bits per heavy atom. The molecule has 0 aliphatic rings. The molecule has 5 heteroatoms. The van der Waals surface area contributed by atoms with E-state index in [-0.39, 0.29) is 6.42 Å². The van der Waals surface area contributed by atoms with E-state index >= 15 is 0 Å². The molecular formula is C17H32N2O3. The van der Waals surface area contributed by atoms with Crippen LogP contribution in [0.2, 0.25) is 0 Å². The fraction of sp³-hybridized carbons (Fsp3) is 0.765. The second kappa shape index (κ2) is 14.7. The van der Waals surface area contributed by atoms with Gasteiger partial charge in [0.15, 0.2) is 0 Å². The lowest BCUT2D eigenvalue weighted by atomic mass is 10.1. The Bertz CT molecular complexity index is 319. The standard InChI is InChI=1S/C17H32N2O3/c1-2-3-4-5-6-7-8-9-13-16(20)22-17(21)15(19)12-10-11-14-18/h2,15H,1,3-14,18-19H2/t15-/m0/s1. The zero-order valence-corrected chi connectivity index (χ0v) is 13.7. The Hall–Kier alpha value is -1.20. The molecule has 0 bridgehead atoms. The van der Waals surface area contributed by atoms with Crippen LogP contribution >= 0.6 is 0 Å². The molecule has 0 spiro atoms. The summed E-state index contributed by atoms with van der Waals surface area (Å²) in [7, 11) is 0. The molecule has 5 nitrogen and oxygen atoms in total. The molecule has 0 aliphatic carbocycles. The van der Waals surface area contributed by atoms with E-state index in [1.165, 1.54) is 19.3 Å². The van der Waals surface area contributed by atoms with Gasteiger partial charge in [0.25, 0.3) is 0 Å². The van der Waals surface area contributed by atoms with Gasteiger partial charge in [-0.2, -0.15) is 0 Å². The minimum Gasteiger partial charge on any atom is -0.392 e. The number of unbranched alkanes of at least 4 members (excludes halogenated alkanes) is 7. The van der Waals surface area contributed by atoms with E-state index < -0.39 is 18.0 Å². The number of hydrogen-bond donors (Lipinski definition) is 2. The Kier molecular flexibility index (Phi) is 13.9. The average molecular weight is 312 g/mol. The summed E-state index contributed by atoms with van der Waals surface area (Å²) in [4.78, 5) is 23.1. The fourth-order valence-electron chi connectivity index (χ4n) is 2.13. The van der Waals surface area contributed by atoms with E-state index in [0.717, 1.165) is 38.5 Å². The van der Waals surface area contributed by atoms with Crippen molar-refractivity contribution in [2.45, 2.75) is 76.7 Å². The third-order valence-electron chi connectivity index (χ3n) is 3.53. The number of carbonyl (C=O) groups is 2. The van der Waals surface area contributed by atoms with Gasteiger partial charge in [-0.15, -0.1) is 6.58 Å². The van der Waals surface area contributed by atoms with Gasteiger partial charge in [-0.3, -0.25) is 4.79 Å². The first kappa shape index (κ1) is 20.8. The fourth-order valence-corrected chi connectivity index (χ4v) is 2.13. The number of nitrogens with two attached hydrogens (primary N) is 2. The summed E-state index contributed by atoms with van der Waals surface area (Å²) in [5, 5.41) is 0. The maximum absolute atomic E-state index is 11.6. The number of rotatable bonds is 14. The molecule has 0 heterocycles. The maximum Gasteiger partial charge on any atom is 0.330 e. The summed E-state index contributed by atoms with van der Waals surface area (Å²) in [6.07, 6.45) is 11.8. The van der Waals surface area contributed by atoms with Gasteiger partial charge in [-0.25, -0.2) is 4.79 Å². The Morgan fingerprint density at radius 3 is 2.27 bits per heavy atom. The normalized spacial score (nSPS) is 11.9. The number of ether oxygens (including phenoxy) is 1.